The number of benzene rings is 1. The van der Waals surface area contributed by atoms with E-state index < -0.39 is 24.4 Å². The number of aromatic hydroxyl groups is 1. The number of hydrogen-bond donors (Lipinski definition) is 4. The van der Waals surface area contributed by atoms with Gasteiger partial charge in [-0.1, -0.05) is 6.92 Å². The molecule has 0 radical (unpaired) electrons. The molecule has 2 fully saturated rings. The third-order valence-corrected chi connectivity index (χ3v) is 7.64. The number of phenols is 1. The number of carboxylic acids is 1. The Morgan fingerprint density at radius 3 is 2.76 bits per heavy atom. The minimum Gasteiger partial charge on any atom is -0.508 e. The zero-order valence-corrected chi connectivity index (χ0v) is 16.6. The summed E-state index contributed by atoms with van der Waals surface area (Å²) in [4.78, 5) is 23.2. The van der Waals surface area contributed by atoms with E-state index in [-0.39, 0.29) is 23.2 Å². The van der Waals surface area contributed by atoms with Crippen LogP contribution in [0.4, 0.5) is 0 Å². The number of ether oxygens (including phenoxy) is 1. The summed E-state index contributed by atoms with van der Waals surface area (Å²) in [6, 6.07) is 1.87. The fraction of sp³-hybridized carbons (Fsp3) is 0.636. The molecule has 0 saturated heterocycles. The number of phenolic OH excluding ortho intramolecular Hbond substituents is 1. The van der Waals surface area contributed by atoms with Crippen LogP contribution >= 0.6 is 0 Å². The molecule has 29 heavy (non-hydrogen) atoms. The first-order chi connectivity index (χ1) is 13.7. The van der Waals surface area contributed by atoms with E-state index in [1.165, 1.54) is 6.07 Å². The third kappa shape index (κ3) is 3.40. The zero-order chi connectivity index (χ0) is 20.9. The first-order valence-electron chi connectivity index (χ1n) is 10.4. The summed E-state index contributed by atoms with van der Waals surface area (Å²) in [5, 5.41) is 29.6. The molecule has 0 heterocycles. The first-order valence-corrected chi connectivity index (χ1v) is 10.4. The van der Waals surface area contributed by atoms with Gasteiger partial charge >= 0.3 is 11.9 Å². The van der Waals surface area contributed by atoms with E-state index >= 15 is 0 Å². The van der Waals surface area contributed by atoms with E-state index in [4.69, 9.17) is 15.6 Å². The molecule has 0 spiro atoms. The summed E-state index contributed by atoms with van der Waals surface area (Å²) in [7, 11) is 0. The molecule has 6 atom stereocenters. The molecule has 0 unspecified atom stereocenters. The second kappa shape index (κ2) is 7.29. The molecule has 1 aromatic carbocycles. The van der Waals surface area contributed by atoms with Crippen molar-refractivity contribution in [3.05, 3.63) is 23.3 Å². The number of aryl methyl sites for hydroxylation is 1. The highest BCUT2D eigenvalue weighted by Crippen LogP contribution is 2.62. The standard InChI is InChI=1S/C22H29NO6/c1-22-7-6-14-13(15(22)4-5-18(22)25)3-2-11-8-12(24)9-17(20(11)14)29-19(26)10-16(23)21(27)28/h8-9,13-16,18,24-25H,2-7,10,23H2,1H3,(H,27,28)/t13-,14+,15+,16+,18-,22+/m1/s1. The monoisotopic (exact) mass is 403 g/mol. The van der Waals surface area contributed by atoms with E-state index in [0.717, 1.165) is 49.7 Å². The van der Waals surface area contributed by atoms with Gasteiger partial charge in [-0.3, -0.25) is 9.59 Å². The van der Waals surface area contributed by atoms with Crippen molar-refractivity contribution >= 4 is 11.9 Å². The number of carbonyl (C=O) groups excluding carboxylic acids is 1. The molecular formula is C22H29NO6. The van der Waals surface area contributed by atoms with Crippen molar-refractivity contribution in [1.29, 1.82) is 0 Å². The predicted molar refractivity (Wildman–Crippen MR) is 105 cm³/mol. The lowest BCUT2D eigenvalue weighted by molar-refractivity contribution is -0.143. The Kier molecular flexibility index (Phi) is 5.07. The van der Waals surface area contributed by atoms with Gasteiger partial charge in [0.05, 0.1) is 12.5 Å². The lowest BCUT2D eigenvalue weighted by Gasteiger charge is -2.50. The highest BCUT2D eigenvalue weighted by atomic mass is 16.5. The molecule has 1 aromatic rings. The van der Waals surface area contributed by atoms with Gasteiger partial charge in [-0.2, -0.15) is 0 Å². The van der Waals surface area contributed by atoms with Crippen molar-refractivity contribution in [3.63, 3.8) is 0 Å². The second-order valence-corrected chi connectivity index (χ2v) is 9.19. The topological polar surface area (TPSA) is 130 Å². The van der Waals surface area contributed by atoms with Crippen LogP contribution in [0.15, 0.2) is 12.1 Å². The van der Waals surface area contributed by atoms with E-state index in [9.17, 15) is 19.8 Å². The lowest BCUT2D eigenvalue weighted by atomic mass is 9.55. The van der Waals surface area contributed by atoms with E-state index in [1.54, 1.807) is 6.07 Å². The molecule has 2 saturated carbocycles. The number of nitrogens with two attached hydrogens (primary N) is 1. The number of carbonyl (C=O) groups is 2. The molecule has 0 aromatic heterocycles. The van der Waals surface area contributed by atoms with E-state index in [0.29, 0.717) is 17.6 Å². The maximum absolute atomic E-state index is 12.3. The van der Waals surface area contributed by atoms with Gasteiger partial charge in [0, 0.05) is 11.6 Å². The average Bonchev–Trinajstić information content (AvgIpc) is 2.96. The van der Waals surface area contributed by atoms with Crippen LogP contribution in [0, 0.1) is 17.3 Å². The Balaban J connectivity index is 1.64. The predicted octanol–water partition coefficient (Wildman–Crippen LogP) is 2.32. The van der Waals surface area contributed by atoms with E-state index in [2.05, 4.69) is 6.92 Å². The summed E-state index contributed by atoms with van der Waals surface area (Å²) in [6.07, 6.45) is 4.74. The quantitative estimate of drug-likeness (QED) is 0.448. The van der Waals surface area contributed by atoms with Gasteiger partial charge in [0.1, 0.15) is 17.5 Å². The van der Waals surface area contributed by atoms with Gasteiger partial charge in [-0.25, -0.2) is 0 Å². The van der Waals surface area contributed by atoms with Crippen LogP contribution in [0.5, 0.6) is 11.5 Å². The number of carboxylic acid groups (broad SMARTS) is 1. The Morgan fingerprint density at radius 1 is 1.28 bits per heavy atom. The lowest BCUT2D eigenvalue weighted by Crippen LogP contribution is -2.44. The van der Waals surface area contributed by atoms with Gasteiger partial charge in [-0.15, -0.1) is 0 Å². The summed E-state index contributed by atoms with van der Waals surface area (Å²) in [6.45, 7) is 2.20. The van der Waals surface area contributed by atoms with Gasteiger partial charge in [-0.05, 0) is 73.3 Å². The summed E-state index contributed by atoms with van der Waals surface area (Å²) in [5.74, 6) is -0.579. The van der Waals surface area contributed by atoms with Crippen molar-refractivity contribution < 1.29 is 29.6 Å². The Morgan fingerprint density at radius 2 is 2.03 bits per heavy atom. The molecule has 4 rings (SSSR count). The van der Waals surface area contributed by atoms with Crippen molar-refractivity contribution in [2.45, 2.75) is 69.9 Å². The molecule has 0 aliphatic heterocycles. The van der Waals surface area contributed by atoms with Crippen LogP contribution in [-0.4, -0.2) is 39.4 Å². The Hall–Kier alpha value is -2.12. The second-order valence-electron chi connectivity index (χ2n) is 9.19. The Bertz CT molecular complexity index is 839. The van der Waals surface area contributed by atoms with Gasteiger partial charge in [0.15, 0.2) is 0 Å². The SMILES string of the molecule is C[C@]12CC[C@@H]3c4c(cc(O)cc4OC(=O)C[C@H](N)C(=O)O)CC[C@H]3[C@@H]1CC[C@H]2O. The molecule has 158 valence electrons. The smallest absolute Gasteiger partial charge is 0.321 e. The highest BCUT2D eigenvalue weighted by molar-refractivity contribution is 5.82. The Labute approximate surface area is 169 Å². The highest BCUT2D eigenvalue weighted by Gasteiger charge is 2.54. The zero-order valence-electron chi connectivity index (χ0n) is 16.6. The van der Waals surface area contributed by atoms with Gasteiger partial charge in [0.25, 0.3) is 0 Å². The van der Waals surface area contributed by atoms with Crippen LogP contribution in [0.3, 0.4) is 0 Å². The van der Waals surface area contributed by atoms with Crippen LogP contribution in [0.2, 0.25) is 0 Å². The van der Waals surface area contributed by atoms with Crippen molar-refractivity contribution in [2.75, 3.05) is 0 Å². The maximum Gasteiger partial charge on any atom is 0.321 e. The number of aliphatic hydroxyl groups is 1. The van der Waals surface area contributed by atoms with E-state index in [1.807, 2.05) is 0 Å². The van der Waals surface area contributed by atoms with Crippen molar-refractivity contribution in [2.24, 2.45) is 23.0 Å². The fourth-order valence-electron chi connectivity index (χ4n) is 6.15. The molecule has 0 amide bonds. The van der Waals surface area contributed by atoms with Crippen LogP contribution in [-0.2, 0) is 16.0 Å². The average molecular weight is 403 g/mol. The molecule has 3 aliphatic carbocycles. The molecule has 3 aliphatic rings. The number of hydrogen-bond acceptors (Lipinski definition) is 6. The third-order valence-electron chi connectivity index (χ3n) is 7.64. The molecular weight excluding hydrogens is 374 g/mol. The number of rotatable bonds is 4. The van der Waals surface area contributed by atoms with Crippen molar-refractivity contribution in [1.82, 2.24) is 0 Å². The minimum atomic E-state index is -1.32. The molecule has 0 bridgehead atoms. The number of esters is 1. The summed E-state index contributed by atoms with van der Waals surface area (Å²) in [5.41, 5.74) is 7.35. The largest absolute Gasteiger partial charge is 0.508 e. The fourth-order valence-corrected chi connectivity index (χ4v) is 6.15. The van der Waals surface area contributed by atoms with Gasteiger partial charge in [0.2, 0.25) is 0 Å². The molecule has 7 heteroatoms. The summed E-state index contributed by atoms with van der Waals surface area (Å²) >= 11 is 0. The number of aliphatic hydroxyl groups excluding tert-OH is 1. The maximum atomic E-state index is 12.3. The summed E-state index contributed by atoms with van der Waals surface area (Å²) < 4.78 is 5.53. The molecule has 5 N–H and O–H groups in total. The normalized spacial score (nSPS) is 33.9. The van der Waals surface area contributed by atoms with Crippen LogP contribution < -0.4 is 10.5 Å². The number of aliphatic carboxylic acids is 1. The van der Waals surface area contributed by atoms with Crippen LogP contribution in [0.25, 0.3) is 0 Å². The number of fused-ring (bicyclic) bond motifs is 5. The van der Waals surface area contributed by atoms with Crippen LogP contribution in [0.1, 0.15) is 62.5 Å². The van der Waals surface area contributed by atoms with Crippen molar-refractivity contribution in [3.8, 4) is 11.5 Å². The first kappa shape index (κ1) is 20.2. The minimum absolute atomic E-state index is 0.0319. The van der Waals surface area contributed by atoms with Gasteiger partial charge < -0.3 is 25.8 Å². The molecule has 7 nitrogen and oxygen atoms in total.